The van der Waals surface area contributed by atoms with Crippen molar-refractivity contribution in [2.75, 3.05) is 6.61 Å². The summed E-state index contributed by atoms with van der Waals surface area (Å²) in [6.45, 7) is 3.80. The van der Waals surface area contributed by atoms with Crippen LogP contribution in [0, 0.1) is 25.6 Å². The van der Waals surface area contributed by atoms with E-state index in [1.54, 1.807) is 26.0 Å². The van der Waals surface area contributed by atoms with Crippen LogP contribution in [0.3, 0.4) is 0 Å². The molecule has 0 bridgehead atoms. The number of hydrogen-bond donors (Lipinski definition) is 2. The fourth-order valence-electron chi connectivity index (χ4n) is 3.79. The van der Waals surface area contributed by atoms with Crippen molar-refractivity contribution in [3.8, 4) is 0 Å². The van der Waals surface area contributed by atoms with Crippen LogP contribution in [0.25, 0.3) is 0 Å². The van der Waals surface area contributed by atoms with E-state index < -0.39 is 11.6 Å². The van der Waals surface area contributed by atoms with Crippen molar-refractivity contribution in [2.45, 2.75) is 51.2 Å². The summed E-state index contributed by atoms with van der Waals surface area (Å²) in [6, 6.07) is 3.05. The Hall–Kier alpha value is -1.95. The summed E-state index contributed by atoms with van der Waals surface area (Å²) in [6.07, 6.45) is 2.33. The number of amides is 1. The zero-order valence-corrected chi connectivity index (χ0v) is 13.9. The Morgan fingerprint density at radius 3 is 2.46 bits per heavy atom. The molecule has 1 aliphatic carbocycles. The van der Waals surface area contributed by atoms with Crippen molar-refractivity contribution in [1.82, 2.24) is 5.32 Å². The fraction of sp³-hybridized carbons (Fsp3) is 0.556. The van der Waals surface area contributed by atoms with Gasteiger partial charge in [0.25, 0.3) is 5.91 Å². The smallest absolute Gasteiger partial charge is 0.306 e. The molecule has 1 atom stereocenters. The van der Waals surface area contributed by atoms with Crippen LogP contribution in [0.1, 0.15) is 47.2 Å². The van der Waals surface area contributed by atoms with E-state index in [2.05, 4.69) is 5.32 Å². The molecular formula is C18H22FNO4. The van der Waals surface area contributed by atoms with E-state index in [-0.39, 0.29) is 23.7 Å². The second-order valence-electron chi connectivity index (χ2n) is 7.06. The van der Waals surface area contributed by atoms with Crippen LogP contribution in [-0.4, -0.2) is 35.2 Å². The third-order valence-electron chi connectivity index (χ3n) is 5.11. The molecule has 1 spiro atoms. The average molecular weight is 335 g/mol. The van der Waals surface area contributed by atoms with Gasteiger partial charge in [0.1, 0.15) is 5.82 Å². The highest BCUT2D eigenvalue weighted by Gasteiger charge is 2.51. The van der Waals surface area contributed by atoms with Crippen LogP contribution in [0.4, 0.5) is 4.39 Å². The molecule has 1 aromatic carbocycles. The predicted octanol–water partition coefficient (Wildman–Crippen LogP) is 2.58. The largest absolute Gasteiger partial charge is 0.481 e. The second-order valence-corrected chi connectivity index (χ2v) is 7.06. The van der Waals surface area contributed by atoms with Crippen LogP contribution in [0.15, 0.2) is 12.1 Å². The van der Waals surface area contributed by atoms with Gasteiger partial charge in [0.05, 0.1) is 11.5 Å². The molecule has 5 nitrogen and oxygen atoms in total. The zero-order chi connectivity index (χ0) is 17.5. The van der Waals surface area contributed by atoms with Crippen molar-refractivity contribution in [1.29, 1.82) is 0 Å². The van der Waals surface area contributed by atoms with Crippen molar-refractivity contribution in [2.24, 2.45) is 5.92 Å². The van der Waals surface area contributed by atoms with Crippen molar-refractivity contribution >= 4 is 11.9 Å². The minimum atomic E-state index is -0.785. The van der Waals surface area contributed by atoms with Crippen molar-refractivity contribution in [3.05, 3.63) is 34.6 Å². The summed E-state index contributed by atoms with van der Waals surface area (Å²) in [4.78, 5) is 23.4. The van der Waals surface area contributed by atoms with Gasteiger partial charge in [-0.05, 0) is 62.8 Å². The molecule has 1 saturated carbocycles. The number of rotatable bonds is 3. The topological polar surface area (TPSA) is 75.6 Å². The first-order valence-electron chi connectivity index (χ1n) is 8.24. The standard InChI is InChI=1S/C18H22FNO4/c1-10-5-12(6-11(2)15(10)19)16(21)20-14-3-4-24-18(9-14)7-13(8-18)17(22)23/h5-6,13-14H,3-4,7-9H2,1-2H3,(H,20,21)(H,22,23). The molecule has 1 heterocycles. The highest BCUT2D eigenvalue weighted by molar-refractivity contribution is 5.94. The molecule has 0 radical (unpaired) electrons. The van der Waals surface area contributed by atoms with Gasteiger partial charge < -0.3 is 15.2 Å². The molecule has 1 saturated heterocycles. The number of carboxylic acid groups (broad SMARTS) is 1. The van der Waals surface area contributed by atoms with Crippen LogP contribution in [-0.2, 0) is 9.53 Å². The Morgan fingerprint density at radius 1 is 1.25 bits per heavy atom. The molecule has 2 aliphatic rings. The first-order chi connectivity index (χ1) is 11.3. The Kier molecular flexibility index (Phi) is 4.34. The van der Waals surface area contributed by atoms with E-state index in [1.807, 2.05) is 0 Å². The number of ether oxygens (including phenoxy) is 1. The maximum atomic E-state index is 13.7. The molecule has 24 heavy (non-hydrogen) atoms. The highest BCUT2D eigenvalue weighted by Crippen LogP contribution is 2.46. The van der Waals surface area contributed by atoms with Gasteiger partial charge in [-0.3, -0.25) is 9.59 Å². The summed E-state index contributed by atoms with van der Waals surface area (Å²) in [5.74, 6) is -1.64. The number of carbonyl (C=O) groups excluding carboxylic acids is 1. The van der Waals surface area contributed by atoms with Gasteiger partial charge in [-0.2, -0.15) is 0 Å². The molecule has 130 valence electrons. The number of carbonyl (C=O) groups is 2. The van der Waals surface area contributed by atoms with Gasteiger partial charge >= 0.3 is 5.97 Å². The second kappa shape index (κ2) is 6.16. The molecule has 6 heteroatoms. The van der Waals surface area contributed by atoms with Crippen LogP contribution in [0.5, 0.6) is 0 Å². The zero-order valence-electron chi connectivity index (χ0n) is 13.9. The highest BCUT2D eigenvalue weighted by atomic mass is 19.1. The van der Waals surface area contributed by atoms with Crippen LogP contribution >= 0.6 is 0 Å². The van der Waals surface area contributed by atoms with E-state index in [0.29, 0.717) is 49.0 Å². The number of aryl methyl sites for hydroxylation is 2. The summed E-state index contributed by atoms with van der Waals surface area (Å²) in [5, 5.41) is 12.0. The number of benzene rings is 1. The SMILES string of the molecule is Cc1cc(C(=O)NC2CCOC3(C2)CC(C(=O)O)C3)cc(C)c1F. The Labute approximate surface area is 140 Å². The monoisotopic (exact) mass is 335 g/mol. The van der Waals surface area contributed by atoms with Crippen LogP contribution < -0.4 is 5.32 Å². The molecule has 3 rings (SSSR count). The minimum absolute atomic E-state index is 0.0494. The third kappa shape index (κ3) is 3.15. The maximum absolute atomic E-state index is 13.7. The maximum Gasteiger partial charge on any atom is 0.306 e. The lowest BCUT2D eigenvalue weighted by atomic mass is 9.66. The van der Waals surface area contributed by atoms with Gasteiger partial charge in [0, 0.05) is 18.2 Å². The number of halogens is 1. The summed E-state index contributed by atoms with van der Waals surface area (Å²) >= 11 is 0. The summed E-state index contributed by atoms with van der Waals surface area (Å²) < 4.78 is 19.5. The quantitative estimate of drug-likeness (QED) is 0.890. The van der Waals surface area contributed by atoms with Gasteiger partial charge in [-0.15, -0.1) is 0 Å². The van der Waals surface area contributed by atoms with Crippen LogP contribution in [0.2, 0.25) is 0 Å². The summed E-state index contributed by atoms with van der Waals surface area (Å²) in [7, 11) is 0. The van der Waals surface area contributed by atoms with Gasteiger partial charge in [0.2, 0.25) is 0 Å². The molecule has 2 fully saturated rings. The van der Waals surface area contributed by atoms with Crippen molar-refractivity contribution < 1.29 is 23.8 Å². The lowest BCUT2D eigenvalue weighted by Gasteiger charge is -2.50. The number of carboxylic acids is 1. The first kappa shape index (κ1) is 16.9. The van der Waals surface area contributed by atoms with Gasteiger partial charge in [-0.1, -0.05) is 0 Å². The predicted molar refractivity (Wildman–Crippen MR) is 85.4 cm³/mol. The molecule has 2 N–H and O–H groups in total. The lowest BCUT2D eigenvalue weighted by molar-refractivity contribution is -0.181. The normalized spacial score (nSPS) is 29.1. The van der Waals surface area contributed by atoms with Gasteiger partial charge in [0.15, 0.2) is 0 Å². The molecule has 1 amide bonds. The molecule has 1 aromatic rings. The molecule has 1 aliphatic heterocycles. The lowest BCUT2D eigenvalue weighted by Crippen LogP contribution is -2.56. The molecule has 1 unspecified atom stereocenters. The Morgan fingerprint density at radius 2 is 1.88 bits per heavy atom. The Bertz CT molecular complexity index is 659. The number of aliphatic carboxylic acids is 1. The van der Waals surface area contributed by atoms with E-state index in [4.69, 9.17) is 9.84 Å². The van der Waals surface area contributed by atoms with Crippen molar-refractivity contribution in [3.63, 3.8) is 0 Å². The van der Waals surface area contributed by atoms with E-state index in [9.17, 15) is 14.0 Å². The van der Waals surface area contributed by atoms with E-state index >= 15 is 0 Å². The van der Waals surface area contributed by atoms with Gasteiger partial charge in [-0.25, -0.2) is 4.39 Å². The number of nitrogens with one attached hydrogen (secondary N) is 1. The Balaban J connectivity index is 1.64. The molecular weight excluding hydrogens is 313 g/mol. The van der Waals surface area contributed by atoms with E-state index in [0.717, 1.165) is 0 Å². The number of hydrogen-bond acceptors (Lipinski definition) is 3. The third-order valence-corrected chi connectivity index (χ3v) is 5.11. The average Bonchev–Trinajstić information content (AvgIpc) is 2.49. The summed E-state index contributed by atoms with van der Waals surface area (Å²) in [5.41, 5.74) is 0.941. The fourth-order valence-corrected chi connectivity index (χ4v) is 3.79. The molecule has 0 aromatic heterocycles. The first-order valence-corrected chi connectivity index (χ1v) is 8.24. The minimum Gasteiger partial charge on any atom is -0.481 e. The van der Waals surface area contributed by atoms with E-state index in [1.165, 1.54) is 0 Å².